The van der Waals surface area contributed by atoms with Gasteiger partial charge in [-0.15, -0.1) is 0 Å². The number of carbonyl (C=O) groups is 2. The minimum absolute atomic E-state index is 0.0549. The van der Waals surface area contributed by atoms with Crippen LogP contribution in [0.2, 0.25) is 0 Å². The Bertz CT molecular complexity index is 873. The van der Waals surface area contributed by atoms with Crippen molar-refractivity contribution < 1.29 is 19.1 Å². The maximum Gasteiger partial charge on any atom is 0.226 e. The van der Waals surface area contributed by atoms with Gasteiger partial charge in [-0.05, 0) is 31.4 Å². The van der Waals surface area contributed by atoms with Gasteiger partial charge in [-0.1, -0.05) is 18.2 Å². The quantitative estimate of drug-likeness (QED) is 0.847. The summed E-state index contributed by atoms with van der Waals surface area (Å²) >= 11 is 0. The van der Waals surface area contributed by atoms with Gasteiger partial charge in [-0.25, -0.2) is 4.39 Å². The second-order valence-corrected chi connectivity index (χ2v) is 7.06. The van der Waals surface area contributed by atoms with Crippen LogP contribution in [0.4, 0.5) is 4.39 Å². The first-order valence-electron chi connectivity index (χ1n) is 9.26. The van der Waals surface area contributed by atoms with Crippen LogP contribution in [0.3, 0.4) is 0 Å². The molecule has 144 valence electrons. The molecule has 0 saturated heterocycles. The van der Waals surface area contributed by atoms with Crippen LogP contribution in [0.1, 0.15) is 45.7 Å². The molecule has 1 aromatic heterocycles. The number of hydrogen-bond donors (Lipinski definition) is 1. The SMILES string of the molecule is Cc1c(CC(=O)N(C)CCO)c2c(n1Cc1ccccc1F)CCCC2=O. The van der Waals surface area contributed by atoms with Crippen LogP contribution in [0.15, 0.2) is 24.3 Å². The van der Waals surface area contributed by atoms with Crippen LogP contribution < -0.4 is 0 Å². The third-order valence-corrected chi connectivity index (χ3v) is 5.33. The number of nitrogens with zero attached hydrogens (tertiary/aromatic N) is 2. The first-order chi connectivity index (χ1) is 12.9. The number of hydrogen-bond acceptors (Lipinski definition) is 3. The summed E-state index contributed by atoms with van der Waals surface area (Å²) in [6, 6.07) is 6.62. The molecule has 1 aromatic carbocycles. The van der Waals surface area contributed by atoms with Gasteiger partial charge in [-0.3, -0.25) is 9.59 Å². The van der Waals surface area contributed by atoms with Crippen LogP contribution >= 0.6 is 0 Å². The van der Waals surface area contributed by atoms with E-state index in [-0.39, 0.29) is 37.1 Å². The fraction of sp³-hybridized carbons (Fsp3) is 0.429. The van der Waals surface area contributed by atoms with Gasteiger partial charge in [0.05, 0.1) is 19.6 Å². The fourth-order valence-electron chi connectivity index (χ4n) is 3.77. The number of aliphatic hydroxyl groups excluding tert-OH is 1. The highest BCUT2D eigenvalue weighted by molar-refractivity contribution is 6.01. The van der Waals surface area contributed by atoms with Gasteiger partial charge in [0.1, 0.15) is 5.82 Å². The molecule has 2 aromatic rings. The van der Waals surface area contributed by atoms with Gasteiger partial charge in [0.25, 0.3) is 0 Å². The summed E-state index contributed by atoms with van der Waals surface area (Å²) in [6.45, 7) is 2.38. The summed E-state index contributed by atoms with van der Waals surface area (Å²) in [6.07, 6.45) is 2.10. The molecule has 0 aliphatic heterocycles. The number of halogens is 1. The second kappa shape index (κ2) is 8.05. The van der Waals surface area contributed by atoms with E-state index in [2.05, 4.69) is 0 Å². The molecule has 1 aliphatic rings. The van der Waals surface area contributed by atoms with Gasteiger partial charge < -0.3 is 14.6 Å². The number of aliphatic hydroxyl groups is 1. The molecule has 27 heavy (non-hydrogen) atoms. The van der Waals surface area contributed by atoms with Crippen molar-refractivity contribution in [3.8, 4) is 0 Å². The van der Waals surface area contributed by atoms with Crippen molar-refractivity contribution >= 4 is 11.7 Å². The molecule has 1 amide bonds. The molecule has 0 bridgehead atoms. The Morgan fingerprint density at radius 1 is 1.30 bits per heavy atom. The molecule has 0 spiro atoms. The Labute approximate surface area is 158 Å². The third kappa shape index (κ3) is 3.81. The van der Waals surface area contributed by atoms with E-state index < -0.39 is 0 Å². The molecular weight excluding hydrogens is 347 g/mol. The number of rotatable bonds is 6. The predicted octanol–water partition coefficient (Wildman–Crippen LogP) is 2.50. The number of ketones is 1. The lowest BCUT2D eigenvalue weighted by Gasteiger charge is -2.17. The average molecular weight is 372 g/mol. The van der Waals surface area contributed by atoms with Crippen LogP contribution in [0.25, 0.3) is 0 Å². The predicted molar refractivity (Wildman–Crippen MR) is 100 cm³/mol. The van der Waals surface area contributed by atoms with Crippen molar-refractivity contribution in [1.29, 1.82) is 0 Å². The molecule has 6 heteroatoms. The van der Waals surface area contributed by atoms with E-state index in [0.29, 0.717) is 24.1 Å². The van der Waals surface area contributed by atoms with E-state index in [1.807, 2.05) is 11.5 Å². The highest BCUT2D eigenvalue weighted by Gasteiger charge is 2.29. The molecule has 0 atom stereocenters. The molecule has 1 aliphatic carbocycles. The lowest BCUT2D eigenvalue weighted by atomic mass is 9.92. The minimum Gasteiger partial charge on any atom is -0.395 e. The first-order valence-corrected chi connectivity index (χ1v) is 9.26. The lowest BCUT2D eigenvalue weighted by molar-refractivity contribution is -0.129. The average Bonchev–Trinajstić information content (AvgIpc) is 2.90. The first kappa shape index (κ1) is 19.3. The molecule has 1 heterocycles. The van der Waals surface area contributed by atoms with Crippen LogP contribution in [0.5, 0.6) is 0 Å². The van der Waals surface area contributed by atoms with E-state index in [9.17, 15) is 14.0 Å². The third-order valence-electron chi connectivity index (χ3n) is 5.33. The number of benzene rings is 1. The number of carbonyl (C=O) groups excluding carboxylic acids is 2. The Morgan fingerprint density at radius 2 is 2.04 bits per heavy atom. The highest BCUT2D eigenvalue weighted by atomic mass is 19.1. The Hall–Kier alpha value is -2.47. The van der Waals surface area contributed by atoms with Crippen molar-refractivity contribution in [3.05, 3.63) is 58.2 Å². The summed E-state index contributed by atoms with van der Waals surface area (Å²) in [5.41, 5.74) is 3.68. The number of aromatic nitrogens is 1. The molecule has 0 radical (unpaired) electrons. The highest BCUT2D eigenvalue weighted by Crippen LogP contribution is 2.31. The molecule has 1 N–H and O–H groups in total. The number of Topliss-reactive ketones (excluding diaryl/α,β-unsaturated/α-hetero) is 1. The summed E-state index contributed by atoms with van der Waals surface area (Å²) < 4.78 is 16.1. The fourth-order valence-corrected chi connectivity index (χ4v) is 3.77. The zero-order chi connectivity index (χ0) is 19.6. The number of amides is 1. The standard InChI is InChI=1S/C21H25FN2O3/c1-14-16(12-20(27)23(2)10-11-25)21-18(8-5-9-19(21)26)24(14)13-15-6-3-4-7-17(15)22/h3-4,6-7,25H,5,8-13H2,1-2H3. The van der Waals surface area contributed by atoms with Crippen LogP contribution in [-0.4, -0.2) is 46.5 Å². The summed E-state index contributed by atoms with van der Waals surface area (Å²) in [5, 5.41) is 9.05. The number of likely N-dealkylation sites (N-methyl/N-ethyl adjacent to an activating group) is 1. The van der Waals surface area contributed by atoms with Crippen LogP contribution in [0, 0.1) is 12.7 Å². The molecule has 0 fully saturated rings. The molecule has 3 rings (SSSR count). The van der Waals surface area contributed by atoms with Crippen LogP contribution in [-0.2, 0) is 24.2 Å². The Kier molecular flexibility index (Phi) is 5.75. The normalized spacial score (nSPS) is 13.6. The maximum absolute atomic E-state index is 14.2. The molecular formula is C21H25FN2O3. The Balaban J connectivity index is 2.01. The van der Waals surface area contributed by atoms with E-state index in [0.717, 1.165) is 29.8 Å². The van der Waals surface area contributed by atoms with Crippen molar-refractivity contribution in [2.75, 3.05) is 20.2 Å². The molecule has 0 saturated carbocycles. The van der Waals surface area contributed by atoms with Crippen molar-refractivity contribution in [3.63, 3.8) is 0 Å². The van der Waals surface area contributed by atoms with E-state index in [1.54, 1.807) is 25.2 Å². The van der Waals surface area contributed by atoms with E-state index >= 15 is 0 Å². The van der Waals surface area contributed by atoms with Crippen molar-refractivity contribution in [1.82, 2.24) is 9.47 Å². The molecule has 0 unspecified atom stereocenters. The lowest BCUT2D eigenvalue weighted by Crippen LogP contribution is -2.31. The second-order valence-electron chi connectivity index (χ2n) is 7.06. The van der Waals surface area contributed by atoms with Gasteiger partial charge in [0, 0.05) is 42.5 Å². The van der Waals surface area contributed by atoms with Gasteiger partial charge in [0.15, 0.2) is 5.78 Å². The largest absolute Gasteiger partial charge is 0.395 e. The smallest absolute Gasteiger partial charge is 0.226 e. The van der Waals surface area contributed by atoms with Crippen molar-refractivity contribution in [2.24, 2.45) is 0 Å². The summed E-state index contributed by atoms with van der Waals surface area (Å²) in [5.74, 6) is -0.364. The maximum atomic E-state index is 14.2. The topological polar surface area (TPSA) is 62.5 Å². The zero-order valence-corrected chi connectivity index (χ0v) is 15.8. The Morgan fingerprint density at radius 3 is 2.74 bits per heavy atom. The van der Waals surface area contributed by atoms with E-state index in [1.165, 1.54) is 11.0 Å². The van der Waals surface area contributed by atoms with Gasteiger partial charge >= 0.3 is 0 Å². The van der Waals surface area contributed by atoms with Crippen molar-refractivity contribution in [2.45, 2.75) is 39.2 Å². The summed E-state index contributed by atoms with van der Waals surface area (Å²) in [7, 11) is 1.64. The summed E-state index contributed by atoms with van der Waals surface area (Å²) in [4.78, 5) is 26.6. The zero-order valence-electron chi connectivity index (χ0n) is 15.8. The van der Waals surface area contributed by atoms with Gasteiger partial charge in [-0.2, -0.15) is 0 Å². The molecule has 5 nitrogen and oxygen atoms in total. The van der Waals surface area contributed by atoms with Gasteiger partial charge in [0.2, 0.25) is 5.91 Å². The van der Waals surface area contributed by atoms with E-state index in [4.69, 9.17) is 5.11 Å². The monoisotopic (exact) mass is 372 g/mol. The minimum atomic E-state index is -0.276. The number of fused-ring (bicyclic) bond motifs is 1.